The lowest BCUT2D eigenvalue weighted by Gasteiger charge is -2.30. The average Bonchev–Trinajstić information content (AvgIpc) is 4.05. The number of rotatable bonds is 10. The number of nitrogens with zero attached hydrogens (tertiary/aromatic N) is 2. The minimum atomic E-state index is -3.89. The fraction of sp³-hybridized carbons (Fsp3) is 0.585. The molecule has 1 saturated heterocycles. The van der Waals surface area contributed by atoms with Crippen LogP contribution in [0.3, 0.4) is 0 Å². The van der Waals surface area contributed by atoms with Crippen LogP contribution in [0.15, 0.2) is 41.3 Å². The quantitative estimate of drug-likeness (QED) is 0.285. The van der Waals surface area contributed by atoms with Crippen molar-refractivity contribution >= 4 is 56.3 Å². The molecular weight excluding hydrogens is 771 g/mol. The van der Waals surface area contributed by atoms with Gasteiger partial charge in [0, 0.05) is 29.4 Å². The number of aryl methyl sites for hydroxylation is 1. The fourth-order valence-electron chi connectivity index (χ4n) is 8.02. The van der Waals surface area contributed by atoms with Crippen LogP contribution in [0, 0.1) is 12.8 Å². The monoisotopic (exact) mass is 823 g/mol. The second kappa shape index (κ2) is 16.5. The van der Waals surface area contributed by atoms with Crippen LogP contribution in [0.4, 0.5) is 0 Å². The second-order valence-corrected chi connectivity index (χ2v) is 19.5. The molecule has 6 atom stereocenters. The van der Waals surface area contributed by atoms with Crippen LogP contribution in [0.5, 0.6) is 17.4 Å². The van der Waals surface area contributed by atoms with E-state index in [-0.39, 0.29) is 36.6 Å². The smallest absolute Gasteiger partial charge is 0.259 e. The number of methoxy groups -OCH3 is 1. The van der Waals surface area contributed by atoms with Gasteiger partial charge < -0.3 is 29.7 Å². The van der Waals surface area contributed by atoms with Crippen LogP contribution in [0.2, 0.25) is 0 Å². The molecule has 0 radical (unpaired) electrons. The summed E-state index contributed by atoms with van der Waals surface area (Å²) in [5, 5.41) is 5.66. The van der Waals surface area contributed by atoms with E-state index < -0.39 is 62.6 Å². The third-order valence-electron chi connectivity index (χ3n) is 11.4. The third-order valence-corrected chi connectivity index (χ3v) is 14.4. The first kappa shape index (κ1) is 40.9. The average molecular weight is 824 g/mol. The van der Waals surface area contributed by atoms with Crippen LogP contribution in [0.25, 0.3) is 10.9 Å². The van der Waals surface area contributed by atoms with E-state index in [2.05, 4.69) is 15.4 Å². The molecule has 3 fully saturated rings. The Morgan fingerprint density at radius 2 is 1.88 bits per heavy atom. The molecule has 4 heterocycles. The Labute approximate surface area is 338 Å². The largest absolute Gasteiger partial charge is 0.496 e. The lowest BCUT2D eigenvalue weighted by Crippen LogP contribution is -2.58. The summed E-state index contributed by atoms with van der Waals surface area (Å²) >= 11 is 1.47. The summed E-state index contributed by atoms with van der Waals surface area (Å²) in [7, 11) is -2.31. The zero-order valence-electron chi connectivity index (χ0n) is 33.2. The van der Waals surface area contributed by atoms with Crippen molar-refractivity contribution in [1.29, 1.82) is 0 Å². The van der Waals surface area contributed by atoms with Gasteiger partial charge in [0.05, 0.1) is 35.8 Å². The predicted molar refractivity (Wildman–Crippen MR) is 216 cm³/mol. The van der Waals surface area contributed by atoms with Gasteiger partial charge in [0.25, 0.3) is 5.91 Å². The number of hydrogen-bond acceptors (Lipinski definition) is 11. The molecule has 0 spiro atoms. The number of allylic oxidation sites excluding steroid dienone is 3. The summed E-state index contributed by atoms with van der Waals surface area (Å²) in [4.78, 5) is 63.9. The molecule has 2 aromatic rings. The van der Waals surface area contributed by atoms with E-state index >= 15 is 0 Å². The molecule has 14 nitrogen and oxygen atoms in total. The first-order chi connectivity index (χ1) is 27.2. The first-order valence-corrected chi connectivity index (χ1v) is 22.4. The molecule has 57 heavy (non-hydrogen) atoms. The van der Waals surface area contributed by atoms with Gasteiger partial charge in [-0.05, 0) is 89.7 Å². The molecule has 2 unspecified atom stereocenters. The highest BCUT2D eigenvalue weighted by Crippen LogP contribution is 2.46. The molecule has 3 N–H and O–H groups in total. The van der Waals surface area contributed by atoms with Gasteiger partial charge in [-0.2, -0.15) is 0 Å². The normalized spacial score (nSPS) is 28.6. The van der Waals surface area contributed by atoms with Crippen molar-refractivity contribution in [2.24, 2.45) is 5.92 Å². The van der Waals surface area contributed by atoms with Crippen LogP contribution in [-0.4, -0.2) is 95.9 Å². The lowest BCUT2D eigenvalue weighted by molar-refractivity contribution is -0.142. The van der Waals surface area contributed by atoms with Crippen molar-refractivity contribution < 1.29 is 41.8 Å². The van der Waals surface area contributed by atoms with Gasteiger partial charge in [-0.15, -0.1) is 11.8 Å². The van der Waals surface area contributed by atoms with E-state index in [4.69, 9.17) is 19.2 Å². The maximum atomic E-state index is 14.7. The van der Waals surface area contributed by atoms with E-state index in [9.17, 15) is 27.6 Å². The van der Waals surface area contributed by atoms with Crippen molar-refractivity contribution in [3.8, 4) is 17.4 Å². The SMILES string of the molecule is COc1ccc2c(O[C@@H]3C[C@H]4C(=O)N[C@]5(C(=O)NS(=O)(=O)C6CC6)CC5/C=C\CCCCC[C@H](NC(=O)C5CC=C(C)S5)C(=O)N4C3)cc(OC(C)C)nc2c1C. The maximum Gasteiger partial charge on any atom is 0.259 e. The van der Waals surface area contributed by atoms with Crippen LogP contribution in [0.1, 0.15) is 90.5 Å². The number of carbonyl (C=O) groups is 4. The minimum absolute atomic E-state index is 0.0139. The van der Waals surface area contributed by atoms with Crippen LogP contribution in [-0.2, 0) is 29.2 Å². The summed E-state index contributed by atoms with van der Waals surface area (Å²) in [6.45, 7) is 7.65. The Hall–Kier alpha value is -4.31. The molecule has 3 aliphatic heterocycles. The van der Waals surface area contributed by atoms with Gasteiger partial charge in [0.1, 0.15) is 35.2 Å². The Morgan fingerprint density at radius 1 is 1.09 bits per heavy atom. The van der Waals surface area contributed by atoms with Crippen molar-refractivity contribution in [2.75, 3.05) is 13.7 Å². The van der Waals surface area contributed by atoms with Crippen LogP contribution >= 0.6 is 11.8 Å². The number of thioether (sulfide) groups is 1. The molecule has 1 aromatic carbocycles. The molecule has 308 valence electrons. The molecule has 2 saturated carbocycles. The van der Waals surface area contributed by atoms with Gasteiger partial charge in [-0.3, -0.25) is 23.9 Å². The number of hydrogen-bond donors (Lipinski definition) is 3. The number of benzene rings is 1. The molecule has 1 aromatic heterocycles. The lowest BCUT2D eigenvalue weighted by atomic mass is 10.0. The van der Waals surface area contributed by atoms with Gasteiger partial charge in [-0.1, -0.05) is 31.1 Å². The molecule has 4 amide bonds. The number of carbonyl (C=O) groups excluding carboxylic acids is 4. The van der Waals surface area contributed by atoms with Gasteiger partial charge in [-0.25, -0.2) is 13.4 Å². The summed E-state index contributed by atoms with van der Waals surface area (Å²) in [5.41, 5.74) is -0.0986. The maximum absolute atomic E-state index is 14.7. The zero-order valence-corrected chi connectivity index (χ0v) is 34.8. The predicted octanol–water partition coefficient (Wildman–Crippen LogP) is 4.59. The van der Waals surface area contributed by atoms with E-state index in [0.717, 1.165) is 23.3 Å². The fourth-order valence-corrected chi connectivity index (χ4v) is 10.4. The molecule has 0 bridgehead atoms. The Bertz CT molecular complexity index is 2100. The summed E-state index contributed by atoms with van der Waals surface area (Å²) in [6.07, 6.45) is 10.2. The van der Waals surface area contributed by atoms with Crippen molar-refractivity contribution in [3.05, 3.63) is 46.9 Å². The van der Waals surface area contributed by atoms with Crippen molar-refractivity contribution in [2.45, 2.75) is 132 Å². The molecule has 2 aliphatic carbocycles. The molecule has 16 heteroatoms. The Balaban J connectivity index is 1.22. The van der Waals surface area contributed by atoms with Gasteiger partial charge in [0.15, 0.2) is 0 Å². The van der Waals surface area contributed by atoms with E-state index in [1.165, 1.54) is 16.7 Å². The highest BCUT2D eigenvalue weighted by molar-refractivity contribution is 8.04. The topological polar surface area (TPSA) is 182 Å². The van der Waals surface area contributed by atoms with Crippen molar-refractivity contribution in [3.63, 3.8) is 0 Å². The third kappa shape index (κ3) is 8.91. The number of sulfonamides is 1. The highest BCUT2D eigenvalue weighted by Gasteiger charge is 2.62. The van der Waals surface area contributed by atoms with Crippen LogP contribution < -0.4 is 29.6 Å². The highest BCUT2D eigenvalue weighted by atomic mass is 32.2. The summed E-state index contributed by atoms with van der Waals surface area (Å²) < 4.78 is 46.3. The Morgan fingerprint density at radius 3 is 2.58 bits per heavy atom. The first-order valence-electron chi connectivity index (χ1n) is 20.0. The molecule has 7 rings (SSSR count). The zero-order chi connectivity index (χ0) is 40.6. The number of nitrogens with one attached hydrogen (secondary N) is 3. The standard InChI is InChI=1S/C41H53N5O9S2/c1-23(2)54-35-20-33(29-16-17-32(53-5)25(4)36(29)43-35)55-27-19-31-37(47)44-41(40(50)45-57(51,52)28-14-15-28)21-26(41)11-9-7-6-8-10-12-30(39(49)46(31)22-27)42-38(48)34-18-13-24(3)56-34/h9,11,13,16-17,20,23,26-28,30-31,34H,6-8,10,12,14-15,18-19,21-22H2,1-5H3,(H,42,48)(H,44,47)(H,45,50)/b11-9-/t26?,27-,30+,31+,34?,41-/m1/s1. The van der Waals surface area contributed by atoms with Gasteiger partial charge >= 0.3 is 0 Å². The number of amides is 4. The number of fused-ring (bicyclic) bond motifs is 3. The minimum Gasteiger partial charge on any atom is -0.496 e. The van der Waals surface area contributed by atoms with Gasteiger partial charge in [0.2, 0.25) is 33.6 Å². The van der Waals surface area contributed by atoms with Crippen molar-refractivity contribution in [1.82, 2.24) is 25.2 Å². The van der Waals surface area contributed by atoms with E-state index in [0.29, 0.717) is 66.8 Å². The van der Waals surface area contributed by atoms with E-state index in [1.54, 1.807) is 13.2 Å². The molecular formula is C41H53N5O9S2. The summed E-state index contributed by atoms with van der Waals surface area (Å²) in [5.74, 6) is -1.02. The Kier molecular flexibility index (Phi) is 11.8. The second-order valence-electron chi connectivity index (χ2n) is 16.1. The number of pyridine rings is 1. The van der Waals surface area contributed by atoms with E-state index in [1.807, 2.05) is 58.1 Å². The molecule has 5 aliphatic rings. The summed E-state index contributed by atoms with van der Waals surface area (Å²) in [6, 6.07) is 3.38. The number of ether oxygens (including phenoxy) is 3. The number of aromatic nitrogens is 1.